The van der Waals surface area contributed by atoms with Gasteiger partial charge in [0, 0.05) is 12.7 Å². The van der Waals surface area contributed by atoms with Crippen molar-refractivity contribution in [1.29, 1.82) is 0 Å². The first-order valence-corrected chi connectivity index (χ1v) is 6.54. The third-order valence-corrected chi connectivity index (χ3v) is 3.48. The largest absolute Gasteiger partial charge is 0.465 e. The van der Waals surface area contributed by atoms with Crippen molar-refractivity contribution in [2.24, 2.45) is 0 Å². The standard InChI is InChI=1S/C13H15N5O3/c1-21-13(20)9-2-3-12(14-6-9)17-4-5-18-11(7-17)10(8-19)15-16-18/h2-3,6,19H,4-5,7-8H2,1H3. The second-order valence-corrected chi connectivity index (χ2v) is 4.68. The Balaban J connectivity index is 1.81. The number of aromatic nitrogens is 4. The summed E-state index contributed by atoms with van der Waals surface area (Å²) >= 11 is 0. The van der Waals surface area contributed by atoms with E-state index in [0.717, 1.165) is 18.1 Å². The van der Waals surface area contributed by atoms with E-state index in [4.69, 9.17) is 0 Å². The van der Waals surface area contributed by atoms with Gasteiger partial charge in [0.15, 0.2) is 0 Å². The first kappa shape index (κ1) is 13.5. The number of carbonyl (C=O) groups is 1. The average molecular weight is 289 g/mol. The fraction of sp³-hybridized carbons (Fsp3) is 0.385. The van der Waals surface area contributed by atoms with Crippen molar-refractivity contribution >= 4 is 11.8 Å². The Morgan fingerprint density at radius 3 is 2.95 bits per heavy atom. The van der Waals surface area contributed by atoms with E-state index in [2.05, 4.69) is 24.9 Å². The topological polar surface area (TPSA) is 93.4 Å². The smallest absolute Gasteiger partial charge is 0.339 e. The van der Waals surface area contributed by atoms with E-state index in [1.807, 2.05) is 0 Å². The Labute approximate surface area is 121 Å². The molecule has 8 heteroatoms. The molecule has 110 valence electrons. The molecule has 2 aromatic heterocycles. The van der Waals surface area contributed by atoms with Crippen LogP contribution in [0.4, 0.5) is 5.82 Å². The number of anilines is 1. The molecular formula is C13H15N5O3. The molecule has 0 saturated heterocycles. The molecule has 0 amide bonds. The minimum atomic E-state index is -0.405. The second kappa shape index (κ2) is 5.49. The second-order valence-electron chi connectivity index (χ2n) is 4.68. The lowest BCUT2D eigenvalue weighted by atomic mass is 10.2. The van der Waals surface area contributed by atoms with Crippen LogP contribution in [0.5, 0.6) is 0 Å². The SMILES string of the molecule is COC(=O)c1ccc(N2CCn3nnc(CO)c3C2)nc1. The van der Waals surface area contributed by atoms with Crippen LogP contribution in [0.15, 0.2) is 18.3 Å². The highest BCUT2D eigenvalue weighted by atomic mass is 16.5. The van der Waals surface area contributed by atoms with Gasteiger partial charge in [0.2, 0.25) is 0 Å². The van der Waals surface area contributed by atoms with Gasteiger partial charge in [-0.3, -0.25) is 0 Å². The number of aliphatic hydroxyl groups is 1. The van der Waals surface area contributed by atoms with Crippen molar-refractivity contribution in [1.82, 2.24) is 20.0 Å². The quantitative estimate of drug-likeness (QED) is 0.793. The summed E-state index contributed by atoms with van der Waals surface area (Å²) in [5.41, 5.74) is 1.90. The normalized spacial score (nSPS) is 13.9. The zero-order chi connectivity index (χ0) is 14.8. The van der Waals surface area contributed by atoms with Crippen molar-refractivity contribution in [2.45, 2.75) is 19.7 Å². The van der Waals surface area contributed by atoms with Crippen LogP contribution in [0.1, 0.15) is 21.7 Å². The lowest BCUT2D eigenvalue weighted by Gasteiger charge is -2.28. The Morgan fingerprint density at radius 1 is 1.43 bits per heavy atom. The number of fused-ring (bicyclic) bond motifs is 1. The lowest BCUT2D eigenvalue weighted by molar-refractivity contribution is 0.0600. The van der Waals surface area contributed by atoms with Crippen LogP contribution in [0.2, 0.25) is 0 Å². The zero-order valence-electron chi connectivity index (χ0n) is 11.6. The zero-order valence-corrected chi connectivity index (χ0v) is 11.6. The summed E-state index contributed by atoms with van der Waals surface area (Å²) in [7, 11) is 1.34. The lowest BCUT2D eigenvalue weighted by Crippen LogP contribution is -2.34. The molecule has 3 rings (SSSR count). The fourth-order valence-electron chi connectivity index (χ4n) is 2.33. The molecule has 1 aliphatic rings. The maximum Gasteiger partial charge on any atom is 0.339 e. The third-order valence-electron chi connectivity index (χ3n) is 3.48. The van der Waals surface area contributed by atoms with Crippen molar-refractivity contribution < 1.29 is 14.6 Å². The van der Waals surface area contributed by atoms with E-state index in [1.165, 1.54) is 13.3 Å². The van der Waals surface area contributed by atoms with Gasteiger partial charge >= 0.3 is 5.97 Å². The monoisotopic (exact) mass is 289 g/mol. The van der Waals surface area contributed by atoms with Crippen LogP contribution in [-0.4, -0.2) is 44.7 Å². The molecule has 0 unspecified atom stereocenters. The van der Waals surface area contributed by atoms with Gasteiger partial charge in [0.05, 0.1) is 38.1 Å². The van der Waals surface area contributed by atoms with Gasteiger partial charge in [-0.1, -0.05) is 5.21 Å². The minimum Gasteiger partial charge on any atom is -0.465 e. The van der Waals surface area contributed by atoms with Gasteiger partial charge < -0.3 is 14.7 Å². The summed E-state index contributed by atoms with van der Waals surface area (Å²) in [6.45, 7) is 1.87. The summed E-state index contributed by atoms with van der Waals surface area (Å²) in [5, 5.41) is 17.2. The third kappa shape index (κ3) is 2.45. The van der Waals surface area contributed by atoms with Crippen molar-refractivity contribution in [3.63, 3.8) is 0 Å². The molecule has 0 bridgehead atoms. The number of esters is 1. The highest BCUT2D eigenvalue weighted by molar-refractivity contribution is 5.89. The summed E-state index contributed by atoms with van der Waals surface area (Å²) < 4.78 is 6.44. The first-order chi connectivity index (χ1) is 10.2. The summed E-state index contributed by atoms with van der Waals surface area (Å²) in [6, 6.07) is 3.47. The predicted molar refractivity (Wildman–Crippen MR) is 72.6 cm³/mol. The number of carbonyl (C=O) groups excluding carboxylic acids is 1. The van der Waals surface area contributed by atoms with Gasteiger partial charge in [-0.25, -0.2) is 14.5 Å². The van der Waals surface area contributed by atoms with Gasteiger partial charge in [-0.15, -0.1) is 5.10 Å². The Bertz CT molecular complexity index is 639. The highest BCUT2D eigenvalue weighted by Crippen LogP contribution is 2.20. The van der Waals surface area contributed by atoms with Crippen LogP contribution in [-0.2, 0) is 24.4 Å². The van der Waals surface area contributed by atoms with Crippen LogP contribution in [0, 0.1) is 0 Å². The average Bonchev–Trinajstić information content (AvgIpc) is 2.96. The molecule has 1 N–H and O–H groups in total. The molecule has 0 saturated carbocycles. The maximum atomic E-state index is 11.4. The number of rotatable bonds is 3. The van der Waals surface area contributed by atoms with E-state index in [1.54, 1.807) is 16.8 Å². The van der Waals surface area contributed by atoms with Gasteiger partial charge in [-0.05, 0) is 12.1 Å². The fourth-order valence-corrected chi connectivity index (χ4v) is 2.33. The number of aliphatic hydroxyl groups excluding tert-OH is 1. The van der Waals surface area contributed by atoms with E-state index in [-0.39, 0.29) is 6.61 Å². The van der Waals surface area contributed by atoms with Crippen molar-refractivity contribution in [2.75, 3.05) is 18.6 Å². The molecule has 0 spiro atoms. The summed E-state index contributed by atoms with van der Waals surface area (Å²) in [4.78, 5) is 17.7. The van der Waals surface area contributed by atoms with Crippen LogP contribution in [0.25, 0.3) is 0 Å². The number of hydrogen-bond acceptors (Lipinski definition) is 7. The Hall–Kier alpha value is -2.48. The van der Waals surface area contributed by atoms with E-state index < -0.39 is 5.97 Å². The maximum absolute atomic E-state index is 11.4. The molecule has 0 atom stereocenters. The van der Waals surface area contributed by atoms with Crippen LogP contribution < -0.4 is 4.90 Å². The minimum absolute atomic E-state index is 0.127. The van der Waals surface area contributed by atoms with Crippen molar-refractivity contribution in [3.8, 4) is 0 Å². The molecular weight excluding hydrogens is 274 g/mol. The molecule has 0 radical (unpaired) electrons. The Kier molecular flexibility index (Phi) is 3.53. The Morgan fingerprint density at radius 2 is 2.29 bits per heavy atom. The van der Waals surface area contributed by atoms with E-state index in [0.29, 0.717) is 24.3 Å². The highest BCUT2D eigenvalue weighted by Gasteiger charge is 2.22. The summed E-state index contributed by atoms with van der Waals surface area (Å²) in [6.07, 6.45) is 1.50. The number of nitrogens with zero attached hydrogens (tertiary/aromatic N) is 5. The molecule has 3 heterocycles. The van der Waals surface area contributed by atoms with Crippen LogP contribution >= 0.6 is 0 Å². The van der Waals surface area contributed by atoms with E-state index in [9.17, 15) is 9.90 Å². The number of methoxy groups -OCH3 is 1. The molecule has 1 aliphatic heterocycles. The van der Waals surface area contributed by atoms with Crippen molar-refractivity contribution in [3.05, 3.63) is 35.3 Å². The molecule has 0 aliphatic carbocycles. The molecule has 21 heavy (non-hydrogen) atoms. The molecule has 2 aromatic rings. The van der Waals surface area contributed by atoms with Gasteiger partial charge in [0.1, 0.15) is 11.5 Å². The van der Waals surface area contributed by atoms with E-state index >= 15 is 0 Å². The first-order valence-electron chi connectivity index (χ1n) is 6.54. The number of hydrogen-bond donors (Lipinski definition) is 1. The molecule has 8 nitrogen and oxygen atoms in total. The molecule has 0 fully saturated rings. The van der Waals surface area contributed by atoms with Crippen LogP contribution in [0.3, 0.4) is 0 Å². The number of pyridine rings is 1. The number of ether oxygens (including phenoxy) is 1. The summed E-state index contributed by atoms with van der Waals surface area (Å²) in [5.74, 6) is 0.358. The predicted octanol–water partition coefficient (Wildman–Crippen LogP) is -0.0278. The molecule has 0 aromatic carbocycles. The van der Waals surface area contributed by atoms with Gasteiger partial charge in [0.25, 0.3) is 0 Å². The van der Waals surface area contributed by atoms with Gasteiger partial charge in [-0.2, -0.15) is 0 Å².